The molecule has 32 heavy (non-hydrogen) atoms. The van der Waals surface area contributed by atoms with E-state index in [1.165, 1.54) is 7.11 Å². The van der Waals surface area contributed by atoms with Gasteiger partial charge in [-0.2, -0.15) is 0 Å². The number of nitrogens with zero attached hydrogens (tertiary/aromatic N) is 2. The monoisotopic (exact) mass is 434 g/mol. The highest BCUT2D eigenvalue weighted by Crippen LogP contribution is 2.23. The van der Waals surface area contributed by atoms with Gasteiger partial charge in [-0.25, -0.2) is 9.98 Å². The SMILES string of the molecule is CCCCNc1ccc(N=C2CC(=Nc3ccc(NCC)cc3)C(=O)C(OC)C2=O)cc1. The maximum Gasteiger partial charge on any atom is 0.214 e. The maximum absolute atomic E-state index is 12.8. The molecule has 0 bridgehead atoms. The molecule has 0 heterocycles. The van der Waals surface area contributed by atoms with Crippen LogP contribution in [0.5, 0.6) is 0 Å². The Morgan fingerprint density at radius 3 is 1.78 bits per heavy atom. The summed E-state index contributed by atoms with van der Waals surface area (Å²) in [6.07, 6.45) is 1.09. The highest BCUT2D eigenvalue weighted by atomic mass is 16.5. The van der Waals surface area contributed by atoms with Crippen LogP contribution in [0.1, 0.15) is 33.1 Å². The number of aliphatic imine (C=N–C) groups is 2. The molecule has 2 N–H and O–H groups in total. The van der Waals surface area contributed by atoms with Gasteiger partial charge in [0, 0.05) is 38.0 Å². The first kappa shape index (κ1) is 23.3. The normalized spacial score (nSPS) is 18.9. The Hall–Kier alpha value is -3.32. The number of hydrogen-bond acceptors (Lipinski definition) is 7. The van der Waals surface area contributed by atoms with Crippen LogP contribution in [-0.2, 0) is 14.3 Å². The van der Waals surface area contributed by atoms with Crippen LogP contribution >= 0.6 is 0 Å². The first-order valence-corrected chi connectivity index (χ1v) is 11.0. The van der Waals surface area contributed by atoms with E-state index in [2.05, 4.69) is 27.5 Å². The summed E-state index contributed by atoms with van der Waals surface area (Å²) in [7, 11) is 1.35. The predicted molar refractivity (Wildman–Crippen MR) is 130 cm³/mol. The van der Waals surface area contributed by atoms with E-state index in [1.807, 2.05) is 55.5 Å². The van der Waals surface area contributed by atoms with E-state index in [0.29, 0.717) is 11.4 Å². The molecule has 168 valence electrons. The highest BCUT2D eigenvalue weighted by molar-refractivity contribution is 6.63. The minimum absolute atomic E-state index is 0.0724. The number of methoxy groups -OCH3 is 1. The molecule has 7 nitrogen and oxygen atoms in total. The summed E-state index contributed by atoms with van der Waals surface area (Å²) in [6.45, 7) is 5.90. The molecule has 1 saturated carbocycles. The zero-order chi connectivity index (χ0) is 22.9. The summed E-state index contributed by atoms with van der Waals surface area (Å²) >= 11 is 0. The minimum atomic E-state index is -1.21. The van der Waals surface area contributed by atoms with E-state index in [4.69, 9.17) is 4.74 Å². The number of ketones is 2. The van der Waals surface area contributed by atoms with E-state index in [-0.39, 0.29) is 17.8 Å². The molecule has 0 amide bonds. The average Bonchev–Trinajstić information content (AvgIpc) is 2.80. The Kier molecular flexibility index (Phi) is 8.27. The van der Waals surface area contributed by atoms with Crippen molar-refractivity contribution < 1.29 is 14.3 Å². The van der Waals surface area contributed by atoms with Gasteiger partial charge >= 0.3 is 0 Å². The summed E-state index contributed by atoms with van der Waals surface area (Å²) in [6, 6.07) is 15.0. The number of nitrogens with one attached hydrogen (secondary N) is 2. The number of carbonyl (C=O) groups excluding carboxylic acids is 2. The van der Waals surface area contributed by atoms with Crippen molar-refractivity contribution in [3.8, 4) is 0 Å². The Morgan fingerprint density at radius 2 is 1.34 bits per heavy atom. The number of carbonyl (C=O) groups is 2. The molecular formula is C25H30N4O3. The van der Waals surface area contributed by atoms with E-state index < -0.39 is 17.7 Å². The summed E-state index contributed by atoms with van der Waals surface area (Å²) in [5.41, 5.74) is 3.81. The second kappa shape index (κ2) is 11.3. The van der Waals surface area contributed by atoms with Crippen molar-refractivity contribution in [2.45, 2.75) is 39.2 Å². The van der Waals surface area contributed by atoms with Gasteiger partial charge in [0.25, 0.3) is 0 Å². The first-order valence-electron chi connectivity index (χ1n) is 11.0. The number of Topliss-reactive ketones (excluding diaryl/α,β-unsaturated/α-hetero) is 2. The van der Waals surface area contributed by atoms with Crippen LogP contribution in [0.4, 0.5) is 22.7 Å². The molecule has 1 aliphatic rings. The fraction of sp³-hybridized carbons (Fsp3) is 0.360. The second-order valence-electron chi connectivity index (χ2n) is 7.54. The van der Waals surface area contributed by atoms with Crippen LogP contribution in [0.3, 0.4) is 0 Å². The molecular weight excluding hydrogens is 404 g/mol. The summed E-state index contributed by atoms with van der Waals surface area (Å²) in [5.74, 6) is -0.827. The number of ether oxygens (including phenoxy) is 1. The third-order valence-corrected chi connectivity index (χ3v) is 5.12. The molecule has 2 aromatic carbocycles. The lowest BCUT2D eigenvalue weighted by Gasteiger charge is -2.21. The van der Waals surface area contributed by atoms with Crippen LogP contribution in [0.2, 0.25) is 0 Å². The molecule has 0 radical (unpaired) electrons. The van der Waals surface area contributed by atoms with Crippen LogP contribution in [0.15, 0.2) is 58.5 Å². The molecule has 1 unspecified atom stereocenters. The van der Waals surface area contributed by atoms with E-state index in [1.54, 1.807) is 0 Å². The standard InChI is InChI=1S/C25H30N4O3/c1-4-6-15-27-18-9-13-20(14-10-18)29-22-16-21(23(30)25(32-3)24(22)31)28-19-11-7-17(8-12-19)26-5-2/h7-14,25-27H,4-6,15-16H2,1-3H3. The Bertz CT molecular complexity index is 995. The van der Waals surface area contributed by atoms with Crippen LogP contribution in [0, 0.1) is 0 Å². The largest absolute Gasteiger partial charge is 0.385 e. The summed E-state index contributed by atoms with van der Waals surface area (Å²) in [5, 5.41) is 6.57. The van der Waals surface area contributed by atoms with Crippen LogP contribution in [-0.4, -0.2) is 49.3 Å². The van der Waals surface area contributed by atoms with Crippen molar-refractivity contribution in [1.29, 1.82) is 0 Å². The van der Waals surface area contributed by atoms with Gasteiger partial charge in [-0.3, -0.25) is 9.59 Å². The van der Waals surface area contributed by atoms with Gasteiger partial charge in [0.15, 0.2) is 6.10 Å². The molecule has 2 aromatic rings. The van der Waals surface area contributed by atoms with Crippen molar-refractivity contribution >= 4 is 45.7 Å². The Labute approximate surface area is 189 Å². The third kappa shape index (κ3) is 5.88. The number of hydrogen-bond donors (Lipinski definition) is 2. The highest BCUT2D eigenvalue weighted by Gasteiger charge is 2.39. The molecule has 1 atom stereocenters. The molecule has 0 spiro atoms. The van der Waals surface area contributed by atoms with Crippen molar-refractivity contribution in [2.75, 3.05) is 30.8 Å². The number of rotatable bonds is 9. The number of anilines is 2. The van der Waals surface area contributed by atoms with Crippen molar-refractivity contribution in [1.82, 2.24) is 0 Å². The first-order chi connectivity index (χ1) is 15.5. The number of unbranched alkanes of at least 4 members (excludes halogenated alkanes) is 1. The predicted octanol–water partition coefficient (Wildman–Crippen LogP) is 4.73. The quantitative estimate of drug-likeness (QED) is 0.440. The molecule has 7 heteroatoms. The molecule has 3 rings (SSSR count). The Balaban J connectivity index is 1.82. The molecule has 1 fully saturated rings. The summed E-state index contributed by atoms with van der Waals surface area (Å²) < 4.78 is 5.20. The van der Waals surface area contributed by atoms with E-state index in [0.717, 1.165) is 37.3 Å². The van der Waals surface area contributed by atoms with Crippen LogP contribution < -0.4 is 10.6 Å². The van der Waals surface area contributed by atoms with Crippen molar-refractivity contribution in [3.63, 3.8) is 0 Å². The van der Waals surface area contributed by atoms with Gasteiger partial charge in [-0.15, -0.1) is 0 Å². The van der Waals surface area contributed by atoms with Crippen LogP contribution in [0.25, 0.3) is 0 Å². The fourth-order valence-electron chi connectivity index (χ4n) is 3.39. The zero-order valence-electron chi connectivity index (χ0n) is 18.9. The smallest absolute Gasteiger partial charge is 0.214 e. The van der Waals surface area contributed by atoms with Crippen molar-refractivity contribution in [2.24, 2.45) is 9.98 Å². The molecule has 0 aromatic heterocycles. The van der Waals surface area contributed by atoms with Gasteiger partial charge in [-0.1, -0.05) is 13.3 Å². The third-order valence-electron chi connectivity index (χ3n) is 5.12. The molecule has 0 saturated heterocycles. The Morgan fingerprint density at radius 1 is 0.844 bits per heavy atom. The van der Waals surface area contributed by atoms with E-state index >= 15 is 0 Å². The molecule has 1 aliphatic carbocycles. The second-order valence-corrected chi connectivity index (χ2v) is 7.54. The fourth-order valence-corrected chi connectivity index (χ4v) is 3.39. The lowest BCUT2D eigenvalue weighted by Crippen LogP contribution is -2.47. The van der Waals surface area contributed by atoms with E-state index in [9.17, 15) is 9.59 Å². The topological polar surface area (TPSA) is 92.2 Å². The number of benzene rings is 2. The lowest BCUT2D eigenvalue weighted by atomic mass is 9.90. The van der Waals surface area contributed by atoms with Gasteiger partial charge in [0.05, 0.1) is 22.8 Å². The lowest BCUT2D eigenvalue weighted by molar-refractivity contribution is -0.133. The maximum atomic E-state index is 12.8. The average molecular weight is 435 g/mol. The van der Waals surface area contributed by atoms with Gasteiger partial charge in [0.2, 0.25) is 11.6 Å². The minimum Gasteiger partial charge on any atom is -0.385 e. The van der Waals surface area contributed by atoms with Gasteiger partial charge < -0.3 is 15.4 Å². The summed E-state index contributed by atoms with van der Waals surface area (Å²) in [4.78, 5) is 34.5. The van der Waals surface area contributed by atoms with Crippen molar-refractivity contribution in [3.05, 3.63) is 48.5 Å². The molecule has 0 aliphatic heterocycles. The zero-order valence-corrected chi connectivity index (χ0v) is 18.9. The van der Waals surface area contributed by atoms with Gasteiger partial charge in [-0.05, 0) is 61.9 Å². The van der Waals surface area contributed by atoms with Gasteiger partial charge in [0.1, 0.15) is 0 Å².